The Bertz CT molecular complexity index is 427. The van der Waals surface area contributed by atoms with Crippen LogP contribution in [-0.4, -0.2) is 24.9 Å². The highest BCUT2D eigenvalue weighted by atomic mass is 32.2. The van der Waals surface area contributed by atoms with Gasteiger partial charge in [-0.15, -0.1) is 11.8 Å². The number of ether oxygens (including phenoxy) is 1. The van der Waals surface area contributed by atoms with Crippen molar-refractivity contribution in [3.63, 3.8) is 0 Å². The third-order valence-electron chi connectivity index (χ3n) is 3.16. The molecule has 0 radical (unpaired) electrons. The summed E-state index contributed by atoms with van der Waals surface area (Å²) in [6, 6.07) is 10.5. The summed E-state index contributed by atoms with van der Waals surface area (Å²) in [6.07, 6.45) is 2.96. The molecule has 0 spiro atoms. The summed E-state index contributed by atoms with van der Waals surface area (Å²) in [4.78, 5) is 1.24. The van der Waals surface area contributed by atoms with Crippen LogP contribution in [0.1, 0.15) is 33.1 Å². The van der Waals surface area contributed by atoms with Crippen LogP contribution in [0.25, 0.3) is 0 Å². The molecule has 1 atom stereocenters. The normalized spacial score (nSPS) is 13.5. The molecule has 0 aliphatic heterocycles. The van der Waals surface area contributed by atoms with Crippen LogP contribution in [0.15, 0.2) is 29.2 Å². The third-order valence-corrected chi connectivity index (χ3v) is 4.26. The van der Waals surface area contributed by atoms with Crippen LogP contribution in [0.4, 0.5) is 0 Å². The maximum absolute atomic E-state index is 9.25. The van der Waals surface area contributed by atoms with Gasteiger partial charge in [-0.3, -0.25) is 5.32 Å². The van der Waals surface area contributed by atoms with E-state index >= 15 is 0 Å². The van der Waals surface area contributed by atoms with Crippen molar-refractivity contribution in [3.05, 3.63) is 24.3 Å². The predicted molar refractivity (Wildman–Crippen MR) is 85.3 cm³/mol. The molecule has 0 heterocycles. The summed E-state index contributed by atoms with van der Waals surface area (Å²) in [5.41, 5.74) is -0.392. The fourth-order valence-electron chi connectivity index (χ4n) is 1.87. The summed E-state index contributed by atoms with van der Waals surface area (Å²) in [6.45, 7) is 5.00. The summed E-state index contributed by atoms with van der Waals surface area (Å²) in [5, 5.41) is 12.6. The Kier molecular flexibility index (Phi) is 7.50. The maximum Gasteiger partial charge on any atom is 0.118 e. The van der Waals surface area contributed by atoms with Crippen molar-refractivity contribution >= 4 is 11.8 Å². The first-order chi connectivity index (χ1) is 9.63. The van der Waals surface area contributed by atoms with E-state index < -0.39 is 5.54 Å². The van der Waals surface area contributed by atoms with Gasteiger partial charge in [-0.1, -0.05) is 6.92 Å². The number of benzene rings is 1. The van der Waals surface area contributed by atoms with E-state index in [1.165, 1.54) is 4.90 Å². The van der Waals surface area contributed by atoms with Crippen molar-refractivity contribution in [2.24, 2.45) is 0 Å². The first-order valence-corrected chi connectivity index (χ1v) is 8.05. The Morgan fingerprint density at radius 2 is 2.05 bits per heavy atom. The van der Waals surface area contributed by atoms with Gasteiger partial charge in [0.25, 0.3) is 0 Å². The molecule has 3 nitrogen and oxygen atoms in total. The molecule has 4 heteroatoms. The minimum Gasteiger partial charge on any atom is -0.497 e. The fourth-order valence-corrected chi connectivity index (χ4v) is 2.73. The molecule has 20 heavy (non-hydrogen) atoms. The molecular formula is C16H24N2OS. The predicted octanol–water partition coefficient (Wildman–Crippen LogP) is 3.85. The smallest absolute Gasteiger partial charge is 0.118 e. The van der Waals surface area contributed by atoms with Gasteiger partial charge in [0.1, 0.15) is 11.3 Å². The average molecular weight is 292 g/mol. The van der Waals surface area contributed by atoms with E-state index in [4.69, 9.17) is 4.74 Å². The van der Waals surface area contributed by atoms with Gasteiger partial charge < -0.3 is 4.74 Å². The van der Waals surface area contributed by atoms with Gasteiger partial charge in [-0.05, 0) is 62.7 Å². The molecule has 0 fully saturated rings. The first kappa shape index (κ1) is 16.9. The van der Waals surface area contributed by atoms with Crippen molar-refractivity contribution in [3.8, 4) is 11.8 Å². The van der Waals surface area contributed by atoms with Crippen LogP contribution in [0, 0.1) is 11.3 Å². The van der Waals surface area contributed by atoms with Crippen LogP contribution < -0.4 is 10.1 Å². The number of thioether (sulfide) groups is 1. The van der Waals surface area contributed by atoms with Gasteiger partial charge in [0.2, 0.25) is 0 Å². The molecule has 1 N–H and O–H groups in total. The largest absolute Gasteiger partial charge is 0.497 e. The molecule has 0 aromatic heterocycles. The maximum atomic E-state index is 9.25. The highest BCUT2D eigenvalue weighted by molar-refractivity contribution is 7.99. The van der Waals surface area contributed by atoms with E-state index in [1.807, 2.05) is 30.8 Å². The second-order valence-electron chi connectivity index (χ2n) is 5.00. The molecule has 1 aromatic rings. The molecule has 1 rings (SSSR count). The van der Waals surface area contributed by atoms with Gasteiger partial charge in [-0.25, -0.2) is 0 Å². The van der Waals surface area contributed by atoms with E-state index in [0.717, 1.165) is 37.3 Å². The van der Waals surface area contributed by atoms with Crippen LogP contribution in [-0.2, 0) is 0 Å². The lowest BCUT2D eigenvalue weighted by atomic mass is 9.98. The molecule has 110 valence electrons. The Morgan fingerprint density at radius 3 is 2.60 bits per heavy atom. The zero-order valence-electron chi connectivity index (χ0n) is 12.6. The van der Waals surface area contributed by atoms with Gasteiger partial charge >= 0.3 is 0 Å². The van der Waals surface area contributed by atoms with Gasteiger partial charge in [0.05, 0.1) is 13.2 Å². The number of nitriles is 1. The van der Waals surface area contributed by atoms with Crippen molar-refractivity contribution in [1.82, 2.24) is 5.32 Å². The monoisotopic (exact) mass is 292 g/mol. The molecule has 0 saturated carbocycles. The third kappa shape index (κ3) is 5.85. The minimum atomic E-state index is -0.392. The average Bonchev–Trinajstić information content (AvgIpc) is 2.50. The number of hydrogen-bond donors (Lipinski definition) is 1. The van der Waals surface area contributed by atoms with Crippen LogP contribution in [0.5, 0.6) is 5.75 Å². The molecule has 1 unspecified atom stereocenters. The zero-order valence-corrected chi connectivity index (χ0v) is 13.4. The number of hydrogen-bond acceptors (Lipinski definition) is 4. The summed E-state index contributed by atoms with van der Waals surface area (Å²) >= 11 is 1.82. The number of nitrogens with one attached hydrogen (secondary N) is 1. The lowest BCUT2D eigenvalue weighted by molar-refractivity contribution is 0.414. The highest BCUT2D eigenvalue weighted by Crippen LogP contribution is 2.23. The Morgan fingerprint density at radius 1 is 1.35 bits per heavy atom. The van der Waals surface area contributed by atoms with E-state index in [0.29, 0.717) is 0 Å². The van der Waals surface area contributed by atoms with Crippen molar-refractivity contribution < 1.29 is 4.74 Å². The summed E-state index contributed by atoms with van der Waals surface area (Å²) < 4.78 is 5.14. The molecule has 1 aromatic carbocycles. The standard InChI is InChI=1S/C16H24N2OS/c1-4-11-18-16(2,13-17)10-5-12-20-15-8-6-14(19-3)7-9-15/h6-9,18H,4-5,10-12H2,1-3H3. The molecule has 0 aliphatic rings. The highest BCUT2D eigenvalue weighted by Gasteiger charge is 2.21. The molecular weight excluding hydrogens is 268 g/mol. The van der Waals surface area contributed by atoms with Crippen molar-refractivity contribution in [2.45, 2.75) is 43.5 Å². The molecule has 0 aliphatic carbocycles. The summed E-state index contributed by atoms with van der Waals surface area (Å²) in [7, 11) is 1.67. The van der Waals surface area contributed by atoms with Crippen LogP contribution >= 0.6 is 11.8 Å². The zero-order chi connectivity index (χ0) is 14.8. The van der Waals surface area contributed by atoms with Crippen molar-refractivity contribution in [1.29, 1.82) is 5.26 Å². The summed E-state index contributed by atoms with van der Waals surface area (Å²) in [5.74, 6) is 1.91. The molecule has 0 saturated heterocycles. The Balaban J connectivity index is 2.31. The first-order valence-electron chi connectivity index (χ1n) is 7.06. The van der Waals surface area contributed by atoms with Crippen molar-refractivity contribution in [2.75, 3.05) is 19.4 Å². The molecule has 0 amide bonds. The quantitative estimate of drug-likeness (QED) is 0.554. The second-order valence-corrected chi connectivity index (χ2v) is 6.17. The fraction of sp³-hybridized carbons (Fsp3) is 0.562. The lowest BCUT2D eigenvalue weighted by Gasteiger charge is -2.22. The van der Waals surface area contributed by atoms with Gasteiger partial charge in [-0.2, -0.15) is 5.26 Å². The minimum absolute atomic E-state index is 0.392. The van der Waals surface area contributed by atoms with E-state index in [1.54, 1.807) is 7.11 Å². The van der Waals surface area contributed by atoms with E-state index in [2.05, 4.69) is 30.4 Å². The topological polar surface area (TPSA) is 45.0 Å². The van der Waals surface area contributed by atoms with Crippen LogP contribution in [0.3, 0.4) is 0 Å². The molecule has 0 bridgehead atoms. The van der Waals surface area contributed by atoms with E-state index in [9.17, 15) is 5.26 Å². The SMILES string of the molecule is CCCNC(C)(C#N)CCCSc1ccc(OC)cc1. The van der Waals surface area contributed by atoms with E-state index in [-0.39, 0.29) is 0 Å². The Labute approximate surface area is 126 Å². The van der Waals surface area contributed by atoms with Gasteiger partial charge in [0.15, 0.2) is 0 Å². The Hall–Kier alpha value is -1.18. The number of nitrogens with zero attached hydrogens (tertiary/aromatic N) is 1. The van der Waals surface area contributed by atoms with Crippen LogP contribution in [0.2, 0.25) is 0 Å². The second kappa shape index (κ2) is 8.89. The number of methoxy groups -OCH3 is 1. The lowest BCUT2D eigenvalue weighted by Crippen LogP contribution is -2.41. The number of rotatable bonds is 9. The van der Waals surface area contributed by atoms with Gasteiger partial charge in [0, 0.05) is 4.90 Å².